The number of benzene rings is 1. The van der Waals surface area contributed by atoms with Crippen molar-refractivity contribution in [2.45, 2.75) is 26.7 Å². The van der Waals surface area contributed by atoms with Crippen LogP contribution in [0.2, 0.25) is 0 Å². The van der Waals surface area contributed by atoms with Crippen LogP contribution in [-0.2, 0) is 9.59 Å². The SMILES string of the molecule is CC1(C)CC(=O)C(=C(O)/C=C\Nc2cccc([N+](=O)[O-])c2)C(=O)C1. The summed E-state index contributed by atoms with van der Waals surface area (Å²) in [5.41, 5.74) is -0.217. The molecule has 1 fully saturated rings. The van der Waals surface area contributed by atoms with Crippen molar-refractivity contribution < 1.29 is 19.6 Å². The second-order valence-corrected chi connectivity index (χ2v) is 6.41. The Morgan fingerprint density at radius 3 is 2.50 bits per heavy atom. The Bertz CT molecular complexity index is 740. The zero-order chi connectivity index (χ0) is 17.9. The molecule has 1 aliphatic carbocycles. The van der Waals surface area contributed by atoms with Crippen LogP contribution in [0.3, 0.4) is 0 Å². The molecule has 1 aromatic rings. The van der Waals surface area contributed by atoms with Crippen molar-refractivity contribution >= 4 is 22.9 Å². The van der Waals surface area contributed by atoms with Crippen LogP contribution in [0, 0.1) is 15.5 Å². The normalized spacial score (nSPS) is 17.2. The van der Waals surface area contributed by atoms with Crippen LogP contribution in [0.4, 0.5) is 11.4 Å². The number of nitrogens with zero attached hydrogens (tertiary/aromatic N) is 1. The molecule has 0 aromatic heterocycles. The van der Waals surface area contributed by atoms with Crippen LogP contribution in [0.15, 0.2) is 47.9 Å². The number of carbonyl (C=O) groups is 2. The van der Waals surface area contributed by atoms with Gasteiger partial charge in [-0.1, -0.05) is 19.9 Å². The molecule has 24 heavy (non-hydrogen) atoms. The van der Waals surface area contributed by atoms with Crippen LogP contribution in [0.25, 0.3) is 0 Å². The van der Waals surface area contributed by atoms with Gasteiger partial charge in [0.2, 0.25) is 0 Å². The first kappa shape index (κ1) is 17.4. The summed E-state index contributed by atoms with van der Waals surface area (Å²) in [4.78, 5) is 34.3. The van der Waals surface area contributed by atoms with Gasteiger partial charge in [-0.2, -0.15) is 0 Å². The lowest BCUT2D eigenvalue weighted by atomic mass is 9.74. The largest absolute Gasteiger partial charge is 0.507 e. The molecule has 0 saturated heterocycles. The summed E-state index contributed by atoms with van der Waals surface area (Å²) in [6, 6.07) is 5.81. The van der Waals surface area contributed by atoms with Gasteiger partial charge < -0.3 is 10.4 Å². The Kier molecular flexibility index (Phi) is 4.82. The fraction of sp³-hybridized carbons (Fsp3) is 0.294. The summed E-state index contributed by atoms with van der Waals surface area (Å²) < 4.78 is 0. The van der Waals surface area contributed by atoms with Crippen LogP contribution < -0.4 is 5.32 Å². The number of hydrogen-bond acceptors (Lipinski definition) is 6. The molecule has 0 aliphatic heterocycles. The first-order chi connectivity index (χ1) is 11.2. The highest BCUT2D eigenvalue weighted by Gasteiger charge is 2.37. The van der Waals surface area contributed by atoms with Gasteiger partial charge in [0.15, 0.2) is 11.6 Å². The zero-order valence-corrected chi connectivity index (χ0v) is 13.4. The average Bonchev–Trinajstić information content (AvgIpc) is 2.45. The van der Waals surface area contributed by atoms with Crippen molar-refractivity contribution in [3.05, 3.63) is 58.0 Å². The van der Waals surface area contributed by atoms with Crippen molar-refractivity contribution in [3.63, 3.8) is 0 Å². The van der Waals surface area contributed by atoms with E-state index in [-0.39, 0.29) is 35.7 Å². The van der Waals surface area contributed by atoms with Crippen molar-refractivity contribution in [1.82, 2.24) is 0 Å². The molecule has 0 amide bonds. The maximum atomic E-state index is 12.0. The van der Waals surface area contributed by atoms with Crippen LogP contribution >= 0.6 is 0 Å². The van der Waals surface area contributed by atoms with E-state index in [0.717, 1.165) is 0 Å². The lowest BCUT2D eigenvalue weighted by Gasteiger charge is -2.28. The maximum absolute atomic E-state index is 12.0. The molecule has 0 bridgehead atoms. The molecule has 0 atom stereocenters. The van der Waals surface area contributed by atoms with Gasteiger partial charge in [0.05, 0.1) is 4.92 Å². The van der Waals surface area contributed by atoms with Gasteiger partial charge >= 0.3 is 0 Å². The highest BCUT2D eigenvalue weighted by molar-refractivity contribution is 6.22. The molecule has 1 saturated carbocycles. The summed E-state index contributed by atoms with van der Waals surface area (Å²) in [6.45, 7) is 3.66. The van der Waals surface area contributed by atoms with E-state index in [1.165, 1.54) is 30.5 Å². The minimum atomic E-state index is -0.518. The highest BCUT2D eigenvalue weighted by Crippen LogP contribution is 2.34. The van der Waals surface area contributed by atoms with E-state index in [9.17, 15) is 24.8 Å². The lowest BCUT2D eigenvalue weighted by molar-refractivity contribution is -0.384. The lowest BCUT2D eigenvalue weighted by Crippen LogP contribution is -2.32. The van der Waals surface area contributed by atoms with E-state index in [4.69, 9.17) is 0 Å². The minimum absolute atomic E-state index is 0.0733. The second kappa shape index (κ2) is 6.66. The molecule has 2 N–H and O–H groups in total. The minimum Gasteiger partial charge on any atom is -0.507 e. The molecule has 2 rings (SSSR count). The number of allylic oxidation sites excluding steroid dienone is 2. The van der Waals surface area contributed by atoms with Crippen LogP contribution in [-0.4, -0.2) is 21.6 Å². The molecule has 0 spiro atoms. The van der Waals surface area contributed by atoms with E-state index in [1.807, 2.05) is 13.8 Å². The predicted molar refractivity (Wildman–Crippen MR) is 88.5 cm³/mol. The number of aliphatic hydroxyl groups excluding tert-OH is 1. The van der Waals surface area contributed by atoms with E-state index in [0.29, 0.717) is 5.69 Å². The standard InChI is InChI=1S/C17H18N2O5/c1-17(2)9-14(21)16(15(22)10-17)13(20)6-7-18-11-4-3-5-12(8-11)19(23)24/h3-8,18,20H,9-10H2,1-2H3/b7-6-. The fourth-order valence-corrected chi connectivity index (χ4v) is 2.56. The van der Waals surface area contributed by atoms with E-state index in [2.05, 4.69) is 5.32 Å². The third-order valence-electron chi connectivity index (χ3n) is 3.64. The Hall–Kier alpha value is -2.96. The topological polar surface area (TPSA) is 110 Å². The number of ketones is 2. The first-order valence-electron chi connectivity index (χ1n) is 7.37. The number of nitrogens with one attached hydrogen (secondary N) is 1. The van der Waals surface area contributed by atoms with Crippen molar-refractivity contribution in [3.8, 4) is 0 Å². The monoisotopic (exact) mass is 330 g/mol. The molecule has 1 aromatic carbocycles. The number of Topliss-reactive ketones (excluding diaryl/α,β-unsaturated/α-hetero) is 2. The maximum Gasteiger partial charge on any atom is 0.271 e. The summed E-state index contributed by atoms with van der Waals surface area (Å²) in [7, 11) is 0. The molecule has 1 aliphatic rings. The Morgan fingerprint density at radius 1 is 1.29 bits per heavy atom. The number of hydrogen-bond donors (Lipinski definition) is 2. The highest BCUT2D eigenvalue weighted by atomic mass is 16.6. The number of rotatable bonds is 4. The van der Waals surface area contributed by atoms with Gasteiger partial charge in [0, 0.05) is 36.9 Å². The van der Waals surface area contributed by atoms with Crippen molar-refractivity contribution in [2.75, 3.05) is 5.32 Å². The smallest absolute Gasteiger partial charge is 0.271 e. The second-order valence-electron chi connectivity index (χ2n) is 6.41. The summed E-state index contributed by atoms with van der Waals surface area (Å²) >= 11 is 0. The van der Waals surface area contributed by atoms with Gasteiger partial charge in [-0.25, -0.2) is 0 Å². The summed E-state index contributed by atoms with van der Waals surface area (Å²) in [5, 5.41) is 23.5. The van der Waals surface area contributed by atoms with E-state index >= 15 is 0 Å². The molecule has 126 valence electrons. The van der Waals surface area contributed by atoms with Gasteiger partial charge in [-0.05, 0) is 17.6 Å². The quantitative estimate of drug-likeness (QED) is 0.288. The van der Waals surface area contributed by atoms with Crippen LogP contribution in [0.5, 0.6) is 0 Å². The molecule has 7 heteroatoms. The van der Waals surface area contributed by atoms with Crippen molar-refractivity contribution in [1.29, 1.82) is 0 Å². The van der Waals surface area contributed by atoms with E-state index in [1.54, 1.807) is 6.07 Å². The van der Waals surface area contributed by atoms with E-state index < -0.39 is 16.1 Å². The number of carbonyl (C=O) groups excluding carboxylic acids is 2. The third-order valence-corrected chi connectivity index (χ3v) is 3.64. The predicted octanol–water partition coefficient (Wildman–Crippen LogP) is 3.29. The molecule has 0 radical (unpaired) electrons. The Morgan fingerprint density at radius 2 is 1.92 bits per heavy atom. The summed E-state index contributed by atoms with van der Waals surface area (Å²) in [5.74, 6) is -1.17. The number of non-ortho nitro benzene ring substituents is 1. The number of nitro groups is 1. The third kappa shape index (κ3) is 4.07. The molecular formula is C17H18N2O5. The van der Waals surface area contributed by atoms with Gasteiger partial charge in [-0.3, -0.25) is 19.7 Å². The molecule has 0 unspecified atom stereocenters. The van der Waals surface area contributed by atoms with Gasteiger partial charge in [0.1, 0.15) is 11.3 Å². The Labute approximate surface area is 138 Å². The fourth-order valence-electron chi connectivity index (χ4n) is 2.56. The van der Waals surface area contributed by atoms with Gasteiger partial charge in [-0.15, -0.1) is 0 Å². The van der Waals surface area contributed by atoms with Gasteiger partial charge in [0.25, 0.3) is 5.69 Å². The average molecular weight is 330 g/mol. The first-order valence-corrected chi connectivity index (χ1v) is 7.37. The number of nitro benzene ring substituents is 1. The molecule has 7 nitrogen and oxygen atoms in total. The number of aliphatic hydroxyl groups is 1. The zero-order valence-electron chi connectivity index (χ0n) is 13.4. The van der Waals surface area contributed by atoms with Crippen molar-refractivity contribution in [2.24, 2.45) is 5.41 Å². The molecule has 0 heterocycles. The Balaban J connectivity index is 2.14. The number of anilines is 1. The summed E-state index contributed by atoms with van der Waals surface area (Å²) in [6.07, 6.45) is 2.92. The molecular weight excluding hydrogens is 312 g/mol. The van der Waals surface area contributed by atoms with Crippen LogP contribution in [0.1, 0.15) is 26.7 Å².